The van der Waals surface area contributed by atoms with Crippen LogP contribution >= 0.6 is 11.3 Å². The van der Waals surface area contributed by atoms with E-state index < -0.39 is 12.2 Å². The van der Waals surface area contributed by atoms with Crippen LogP contribution in [0.25, 0.3) is 0 Å². The molecule has 3 rings (SSSR count). The molecule has 1 aromatic rings. The summed E-state index contributed by atoms with van der Waals surface area (Å²) in [7, 11) is 0. The van der Waals surface area contributed by atoms with Crippen molar-refractivity contribution in [2.24, 2.45) is 0 Å². The predicted octanol–water partition coefficient (Wildman–Crippen LogP) is 1.51. The number of alkyl halides is 1. The summed E-state index contributed by atoms with van der Waals surface area (Å²) in [5, 5.41) is 1.81. The van der Waals surface area contributed by atoms with Crippen molar-refractivity contribution in [1.29, 1.82) is 0 Å². The standard InChI is InChI=1S/C17H21FN2O4S/c18-12-10-13(17(23)19-5-7-24-8-6-19)20(11-12)16(22)4-3-14(21)15-2-1-9-25-15/h1-2,9,12-13H,3-8,10-11H2/t12-,13+/m1/s1. The van der Waals surface area contributed by atoms with E-state index >= 15 is 0 Å². The zero-order valence-electron chi connectivity index (χ0n) is 13.9. The highest BCUT2D eigenvalue weighted by Gasteiger charge is 2.41. The molecule has 25 heavy (non-hydrogen) atoms. The second-order valence-electron chi connectivity index (χ2n) is 6.23. The van der Waals surface area contributed by atoms with Gasteiger partial charge in [-0.2, -0.15) is 0 Å². The molecule has 136 valence electrons. The summed E-state index contributed by atoms with van der Waals surface area (Å²) in [4.78, 5) is 40.7. The molecule has 0 unspecified atom stereocenters. The fourth-order valence-electron chi connectivity index (χ4n) is 3.21. The van der Waals surface area contributed by atoms with Gasteiger partial charge in [-0.3, -0.25) is 14.4 Å². The predicted molar refractivity (Wildman–Crippen MR) is 90.3 cm³/mol. The number of amides is 2. The summed E-state index contributed by atoms with van der Waals surface area (Å²) < 4.78 is 19.1. The Bertz CT molecular complexity index is 631. The van der Waals surface area contributed by atoms with Crippen LogP contribution in [0.2, 0.25) is 0 Å². The summed E-state index contributed by atoms with van der Waals surface area (Å²) in [6.45, 7) is 1.77. The number of rotatable bonds is 5. The molecule has 3 heterocycles. The maximum absolute atomic E-state index is 13.9. The van der Waals surface area contributed by atoms with E-state index in [9.17, 15) is 18.8 Å². The van der Waals surface area contributed by atoms with Crippen molar-refractivity contribution in [3.63, 3.8) is 0 Å². The molecular formula is C17H21FN2O4S. The minimum atomic E-state index is -1.20. The maximum atomic E-state index is 13.9. The van der Waals surface area contributed by atoms with Gasteiger partial charge in [0.25, 0.3) is 0 Å². The van der Waals surface area contributed by atoms with Crippen molar-refractivity contribution in [1.82, 2.24) is 9.80 Å². The van der Waals surface area contributed by atoms with Crippen LogP contribution in [-0.2, 0) is 14.3 Å². The van der Waals surface area contributed by atoms with Crippen molar-refractivity contribution in [2.75, 3.05) is 32.8 Å². The van der Waals surface area contributed by atoms with Gasteiger partial charge >= 0.3 is 0 Å². The van der Waals surface area contributed by atoms with Gasteiger partial charge in [-0.15, -0.1) is 11.3 Å². The molecule has 0 N–H and O–H groups in total. The highest BCUT2D eigenvalue weighted by molar-refractivity contribution is 7.12. The molecule has 0 saturated carbocycles. The zero-order valence-corrected chi connectivity index (χ0v) is 14.7. The molecule has 0 bridgehead atoms. The number of thiophene rings is 1. The van der Waals surface area contributed by atoms with E-state index in [1.54, 1.807) is 22.4 Å². The number of carbonyl (C=O) groups is 3. The van der Waals surface area contributed by atoms with Crippen molar-refractivity contribution in [3.8, 4) is 0 Å². The monoisotopic (exact) mass is 368 g/mol. The van der Waals surface area contributed by atoms with Gasteiger partial charge in [0.05, 0.1) is 24.6 Å². The van der Waals surface area contributed by atoms with E-state index in [2.05, 4.69) is 0 Å². The molecule has 2 aliphatic heterocycles. The van der Waals surface area contributed by atoms with E-state index in [0.29, 0.717) is 31.2 Å². The van der Waals surface area contributed by atoms with Crippen LogP contribution in [0.5, 0.6) is 0 Å². The van der Waals surface area contributed by atoms with Crippen LogP contribution in [-0.4, -0.2) is 72.5 Å². The molecule has 0 aromatic carbocycles. The van der Waals surface area contributed by atoms with Gasteiger partial charge in [-0.25, -0.2) is 4.39 Å². The van der Waals surface area contributed by atoms with E-state index in [0.717, 1.165) is 0 Å². The topological polar surface area (TPSA) is 66.9 Å². The van der Waals surface area contributed by atoms with Gasteiger partial charge in [0.2, 0.25) is 11.8 Å². The van der Waals surface area contributed by atoms with Gasteiger partial charge in [-0.1, -0.05) is 6.07 Å². The molecular weight excluding hydrogens is 347 g/mol. The lowest BCUT2D eigenvalue weighted by molar-refractivity contribution is -0.146. The first-order valence-electron chi connectivity index (χ1n) is 8.43. The molecule has 8 heteroatoms. The van der Waals surface area contributed by atoms with Gasteiger partial charge in [0, 0.05) is 32.4 Å². The lowest BCUT2D eigenvalue weighted by Gasteiger charge is -2.32. The maximum Gasteiger partial charge on any atom is 0.245 e. The smallest absolute Gasteiger partial charge is 0.245 e. The molecule has 0 radical (unpaired) electrons. The number of ketones is 1. The minimum absolute atomic E-state index is 0.00363. The quantitative estimate of drug-likeness (QED) is 0.739. The number of Topliss-reactive ketones (excluding diaryl/α,β-unsaturated/α-hetero) is 1. The molecule has 6 nitrogen and oxygen atoms in total. The van der Waals surface area contributed by atoms with Crippen LogP contribution in [0.1, 0.15) is 28.9 Å². The van der Waals surface area contributed by atoms with Crippen molar-refractivity contribution < 1.29 is 23.5 Å². The van der Waals surface area contributed by atoms with Crippen molar-refractivity contribution in [2.45, 2.75) is 31.5 Å². The SMILES string of the molecule is O=C(CCC(=O)N1C[C@H](F)C[C@H]1C(=O)N1CCOCC1)c1cccs1. The number of halogens is 1. The second-order valence-corrected chi connectivity index (χ2v) is 7.18. The Morgan fingerprint density at radius 2 is 2.00 bits per heavy atom. The van der Waals surface area contributed by atoms with Crippen molar-refractivity contribution in [3.05, 3.63) is 22.4 Å². The largest absolute Gasteiger partial charge is 0.378 e. The van der Waals surface area contributed by atoms with E-state index in [1.807, 2.05) is 0 Å². The van der Waals surface area contributed by atoms with Crippen LogP contribution in [0, 0.1) is 0 Å². The summed E-state index contributed by atoms with van der Waals surface area (Å²) in [5.74, 6) is -0.659. The Labute approximate surface area is 149 Å². The van der Waals surface area contributed by atoms with Gasteiger partial charge in [-0.05, 0) is 11.4 Å². The fraction of sp³-hybridized carbons (Fsp3) is 0.588. The average Bonchev–Trinajstić information content (AvgIpc) is 3.29. The van der Waals surface area contributed by atoms with Crippen LogP contribution < -0.4 is 0 Å². The van der Waals surface area contributed by atoms with E-state index in [4.69, 9.17) is 4.74 Å². The first-order chi connectivity index (χ1) is 12.1. The lowest BCUT2D eigenvalue weighted by Crippen LogP contribution is -2.51. The number of carbonyl (C=O) groups excluding carboxylic acids is 3. The van der Waals surface area contributed by atoms with Gasteiger partial charge in [0.15, 0.2) is 5.78 Å². The van der Waals surface area contributed by atoms with Gasteiger partial charge in [0.1, 0.15) is 12.2 Å². The minimum Gasteiger partial charge on any atom is -0.378 e. The number of hydrogen-bond acceptors (Lipinski definition) is 5. The Morgan fingerprint density at radius 3 is 2.68 bits per heavy atom. The Morgan fingerprint density at radius 1 is 1.24 bits per heavy atom. The van der Waals surface area contributed by atoms with E-state index in [-0.39, 0.29) is 43.4 Å². The van der Waals surface area contributed by atoms with Crippen LogP contribution in [0.3, 0.4) is 0 Å². The third kappa shape index (κ3) is 4.24. The number of hydrogen-bond donors (Lipinski definition) is 0. The number of ether oxygens (including phenoxy) is 1. The number of nitrogens with zero attached hydrogens (tertiary/aromatic N) is 2. The molecule has 2 amide bonds. The average molecular weight is 368 g/mol. The summed E-state index contributed by atoms with van der Waals surface area (Å²) >= 11 is 1.33. The Hall–Kier alpha value is -1.80. The normalized spacial score (nSPS) is 23.7. The number of morpholine rings is 1. The van der Waals surface area contributed by atoms with E-state index in [1.165, 1.54) is 16.2 Å². The summed E-state index contributed by atoms with van der Waals surface area (Å²) in [6, 6.07) is 2.73. The molecule has 2 atom stereocenters. The highest BCUT2D eigenvalue weighted by atomic mass is 32.1. The summed E-state index contributed by atoms with van der Waals surface area (Å²) in [6.07, 6.45) is -1.10. The molecule has 2 saturated heterocycles. The van der Waals surface area contributed by atoms with Crippen LogP contribution in [0.4, 0.5) is 4.39 Å². The Balaban J connectivity index is 1.59. The fourth-order valence-corrected chi connectivity index (χ4v) is 3.91. The molecule has 0 aliphatic carbocycles. The highest BCUT2D eigenvalue weighted by Crippen LogP contribution is 2.24. The Kier molecular flexibility index (Phi) is 5.80. The molecule has 1 aromatic heterocycles. The zero-order chi connectivity index (χ0) is 17.8. The lowest BCUT2D eigenvalue weighted by atomic mass is 10.1. The van der Waals surface area contributed by atoms with Crippen molar-refractivity contribution >= 4 is 28.9 Å². The molecule has 2 aliphatic rings. The van der Waals surface area contributed by atoms with Crippen LogP contribution in [0.15, 0.2) is 17.5 Å². The second kappa shape index (κ2) is 8.05. The first kappa shape index (κ1) is 18.0. The number of likely N-dealkylation sites (tertiary alicyclic amines) is 1. The molecule has 2 fully saturated rings. The third-order valence-electron chi connectivity index (χ3n) is 4.54. The summed E-state index contributed by atoms with van der Waals surface area (Å²) in [5.41, 5.74) is 0. The third-order valence-corrected chi connectivity index (χ3v) is 5.45. The van der Waals surface area contributed by atoms with Gasteiger partial charge < -0.3 is 14.5 Å². The first-order valence-corrected chi connectivity index (χ1v) is 9.31. The molecule has 0 spiro atoms.